The summed E-state index contributed by atoms with van der Waals surface area (Å²) in [5.74, 6) is 0. The number of carbonyl (C=O) groups excluding carboxylic acids is 1. The molecule has 1 fully saturated rings. The van der Waals surface area contributed by atoms with Crippen LogP contribution in [0.25, 0.3) is 0 Å². The van der Waals surface area contributed by atoms with Crippen molar-refractivity contribution in [2.24, 2.45) is 0 Å². The number of aryl methyl sites for hydroxylation is 1. The second kappa shape index (κ2) is 3.70. The summed E-state index contributed by atoms with van der Waals surface area (Å²) in [6.45, 7) is 2.46. The Morgan fingerprint density at radius 2 is 2.29 bits per heavy atom. The molecule has 1 aliphatic heterocycles. The Kier molecular flexibility index (Phi) is 2.39. The Morgan fingerprint density at radius 1 is 1.43 bits per heavy atom. The number of rotatable bonds is 1. The molecule has 0 spiro atoms. The standard InChI is InChI=1S/C11H12O3/c1-8-3-2-4-9(7-8)10-5-6-13-11(12)14-10/h2-4,7,10H,5-6H2,1H3. The van der Waals surface area contributed by atoms with Crippen molar-refractivity contribution in [2.45, 2.75) is 19.4 Å². The summed E-state index contributed by atoms with van der Waals surface area (Å²) in [6.07, 6.45) is 0.0220. The molecule has 3 heteroatoms. The van der Waals surface area contributed by atoms with E-state index < -0.39 is 6.16 Å². The van der Waals surface area contributed by atoms with E-state index in [1.807, 2.05) is 31.2 Å². The van der Waals surface area contributed by atoms with Crippen LogP contribution in [-0.2, 0) is 9.47 Å². The number of cyclic esters (lactones) is 2. The highest BCUT2D eigenvalue weighted by atomic mass is 16.7. The first-order valence-corrected chi connectivity index (χ1v) is 4.66. The Labute approximate surface area is 82.6 Å². The lowest BCUT2D eigenvalue weighted by Crippen LogP contribution is -2.21. The van der Waals surface area contributed by atoms with E-state index in [1.165, 1.54) is 5.56 Å². The summed E-state index contributed by atoms with van der Waals surface area (Å²) in [5.41, 5.74) is 2.21. The summed E-state index contributed by atoms with van der Waals surface area (Å²) < 4.78 is 9.76. The molecule has 0 bridgehead atoms. The summed E-state index contributed by atoms with van der Waals surface area (Å²) in [4.78, 5) is 10.9. The van der Waals surface area contributed by atoms with Crippen molar-refractivity contribution in [3.05, 3.63) is 35.4 Å². The minimum absolute atomic E-state index is 0.142. The Bertz CT molecular complexity index is 346. The van der Waals surface area contributed by atoms with Gasteiger partial charge in [0.2, 0.25) is 0 Å². The van der Waals surface area contributed by atoms with Gasteiger partial charge in [0.25, 0.3) is 0 Å². The van der Waals surface area contributed by atoms with E-state index in [1.54, 1.807) is 0 Å². The van der Waals surface area contributed by atoms with Crippen LogP contribution in [0.1, 0.15) is 23.7 Å². The van der Waals surface area contributed by atoms with Gasteiger partial charge in [-0.2, -0.15) is 0 Å². The third-order valence-corrected chi connectivity index (χ3v) is 2.25. The Balaban J connectivity index is 2.17. The van der Waals surface area contributed by atoms with E-state index in [0.717, 1.165) is 12.0 Å². The fraction of sp³-hybridized carbons (Fsp3) is 0.364. The van der Waals surface area contributed by atoms with Gasteiger partial charge in [0, 0.05) is 6.42 Å². The third-order valence-electron chi connectivity index (χ3n) is 2.25. The second-order valence-corrected chi connectivity index (χ2v) is 3.41. The maximum Gasteiger partial charge on any atom is 0.508 e. The molecule has 3 nitrogen and oxygen atoms in total. The number of carbonyl (C=O) groups is 1. The molecule has 0 saturated carbocycles. The maximum atomic E-state index is 10.9. The zero-order chi connectivity index (χ0) is 9.97. The van der Waals surface area contributed by atoms with E-state index >= 15 is 0 Å². The summed E-state index contributed by atoms with van der Waals surface area (Å²) in [6, 6.07) is 7.98. The topological polar surface area (TPSA) is 35.5 Å². The molecule has 0 radical (unpaired) electrons. The number of hydrogen-bond acceptors (Lipinski definition) is 3. The second-order valence-electron chi connectivity index (χ2n) is 3.41. The quantitative estimate of drug-likeness (QED) is 0.641. The van der Waals surface area contributed by atoms with E-state index in [9.17, 15) is 4.79 Å². The van der Waals surface area contributed by atoms with Crippen LogP contribution in [-0.4, -0.2) is 12.8 Å². The molecule has 0 N–H and O–H groups in total. The van der Waals surface area contributed by atoms with Crippen molar-refractivity contribution >= 4 is 6.16 Å². The van der Waals surface area contributed by atoms with Crippen LogP contribution in [0.4, 0.5) is 4.79 Å². The SMILES string of the molecule is Cc1cccc(C2CCOC(=O)O2)c1. The van der Waals surface area contributed by atoms with Gasteiger partial charge in [-0.05, 0) is 12.5 Å². The van der Waals surface area contributed by atoms with Crippen molar-refractivity contribution < 1.29 is 14.3 Å². The van der Waals surface area contributed by atoms with Crippen LogP contribution in [0, 0.1) is 6.92 Å². The fourth-order valence-corrected chi connectivity index (χ4v) is 1.56. The number of benzene rings is 1. The lowest BCUT2D eigenvalue weighted by molar-refractivity contribution is -0.0236. The van der Waals surface area contributed by atoms with Gasteiger partial charge in [-0.1, -0.05) is 29.8 Å². The van der Waals surface area contributed by atoms with Gasteiger partial charge in [-0.25, -0.2) is 4.79 Å². The normalized spacial score (nSPS) is 21.2. The van der Waals surface area contributed by atoms with Crippen molar-refractivity contribution in [3.8, 4) is 0 Å². The lowest BCUT2D eigenvalue weighted by atomic mass is 10.0. The Hall–Kier alpha value is -1.51. The molecule has 1 saturated heterocycles. The molecule has 14 heavy (non-hydrogen) atoms. The van der Waals surface area contributed by atoms with Crippen molar-refractivity contribution in [3.63, 3.8) is 0 Å². The third kappa shape index (κ3) is 1.87. The molecular weight excluding hydrogens is 180 g/mol. The smallest absolute Gasteiger partial charge is 0.434 e. The first-order valence-electron chi connectivity index (χ1n) is 4.66. The molecule has 1 aromatic carbocycles. The highest BCUT2D eigenvalue weighted by molar-refractivity contribution is 5.61. The van der Waals surface area contributed by atoms with E-state index in [0.29, 0.717) is 6.61 Å². The first-order chi connectivity index (χ1) is 6.75. The first kappa shape index (κ1) is 9.06. The van der Waals surface area contributed by atoms with Crippen LogP contribution in [0.3, 0.4) is 0 Å². The zero-order valence-electron chi connectivity index (χ0n) is 8.03. The predicted octanol–water partition coefficient (Wildman–Crippen LogP) is 2.59. The van der Waals surface area contributed by atoms with E-state index in [4.69, 9.17) is 9.47 Å². The molecular formula is C11H12O3. The van der Waals surface area contributed by atoms with Gasteiger partial charge in [0.15, 0.2) is 0 Å². The lowest BCUT2D eigenvalue weighted by Gasteiger charge is -2.22. The van der Waals surface area contributed by atoms with E-state index in [2.05, 4.69) is 0 Å². The molecule has 0 aliphatic carbocycles. The Morgan fingerprint density at radius 3 is 3.00 bits per heavy atom. The monoisotopic (exact) mass is 192 g/mol. The largest absolute Gasteiger partial charge is 0.508 e. The molecule has 0 aromatic heterocycles. The highest BCUT2D eigenvalue weighted by Crippen LogP contribution is 2.25. The van der Waals surface area contributed by atoms with Crippen LogP contribution in [0.15, 0.2) is 24.3 Å². The zero-order valence-corrected chi connectivity index (χ0v) is 8.03. The average molecular weight is 192 g/mol. The van der Waals surface area contributed by atoms with Crippen molar-refractivity contribution in [2.75, 3.05) is 6.61 Å². The van der Waals surface area contributed by atoms with Gasteiger partial charge in [-0.15, -0.1) is 0 Å². The van der Waals surface area contributed by atoms with Gasteiger partial charge in [0.05, 0.1) is 6.61 Å². The maximum absolute atomic E-state index is 10.9. The molecule has 1 heterocycles. The molecule has 1 aliphatic rings. The minimum Gasteiger partial charge on any atom is -0.434 e. The summed E-state index contributed by atoms with van der Waals surface area (Å²) in [7, 11) is 0. The number of hydrogen-bond donors (Lipinski definition) is 0. The van der Waals surface area contributed by atoms with Crippen molar-refractivity contribution in [1.29, 1.82) is 0 Å². The van der Waals surface area contributed by atoms with Crippen LogP contribution in [0.2, 0.25) is 0 Å². The molecule has 0 amide bonds. The van der Waals surface area contributed by atoms with Gasteiger partial charge in [0.1, 0.15) is 6.10 Å². The minimum atomic E-state index is -0.567. The van der Waals surface area contributed by atoms with Crippen LogP contribution < -0.4 is 0 Å². The number of ether oxygens (including phenoxy) is 2. The molecule has 2 rings (SSSR count). The van der Waals surface area contributed by atoms with E-state index in [-0.39, 0.29) is 6.10 Å². The van der Waals surface area contributed by atoms with Gasteiger partial charge < -0.3 is 9.47 Å². The van der Waals surface area contributed by atoms with Crippen LogP contribution >= 0.6 is 0 Å². The van der Waals surface area contributed by atoms with Gasteiger partial charge >= 0.3 is 6.16 Å². The van der Waals surface area contributed by atoms with Gasteiger partial charge in [-0.3, -0.25) is 0 Å². The summed E-state index contributed by atoms with van der Waals surface area (Å²) in [5, 5.41) is 0. The molecule has 1 aromatic rings. The molecule has 1 atom stereocenters. The van der Waals surface area contributed by atoms with Crippen molar-refractivity contribution in [1.82, 2.24) is 0 Å². The average Bonchev–Trinajstić information content (AvgIpc) is 2.18. The predicted molar refractivity (Wildman–Crippen MR) is 51.0 cm³/mol. The molecule has 74 valence electrons. The molecule has 1 unspecified atom stereocenters. The van der Waals surface area contributed by atoms with Crippen LogP contribution in [0.5, 0.6) is 0 Å². The highest BCUT2D eigenvalue weighted by Gasteiger charge is 2.22. The summed E-state index contributed by atoms with van der Waals surface area (Å²) >= 11 is 0. The fourth-order valence-electron chi connectivity index (χ4n) is 1.56.